The van der Waals surface area contributed by atoms with Crippen LogP contribution in [-0.4, -0.2) is 51.5 Å². The molecule has 9 nitrogen and oxygen atoms in total. The first-order valence-electron chi connectivity index (χ1n) is 12.5. The van der Waals surface area contributed by atoms with E-state index in [1.807, 2.05) is 49.6 Å². The van der Waals surface area contributed by atoms with E-state index in [-0.39, 0.29) is 29.6 Å². The molecular formula is C29H23FN8OS. The fourth-order valence-electron chi connectivity index (χ4n) is 4.78. The van der Waals surface area contributed by atoms with E-state index in [2.05, 4.69) is 36.6 Å². The largest absolute Gasteiger partial charge is 0.363 e. The number of allylic oxidation sites excluding steroid dienone is 3. The summed E-state index contributed by atoms with van der Waals surface area (Å²) in [6, 6.07) is 11.8. The normalized spacial score (nSPS) is 19.2. The van der Waals surface area contributed by atoms with Crippen LogP contribution < -0.4 is 10.6 Å². The number of dihydropyridines is 1. The predicted molar refractivity (Wildman–Crippen MR) is 152 cm³/mol. The molecule has 40 heavy (non-hydrogen) atoms. The maximum atomic E-state index is 13.2. The van der Waals surface area contributed by atoms with Gasteiger partial charge in [-0.3, -0.25) is 14.7 Å². The van der Waals surface area contributed by atoms with Crippen molar-refractivity contribution < 1.29 is 9.18 Å². The zero-order valence-corrected chi connectivity index (χ0v) is 22.2. The molecule has 0 bridgehead atoms. The van der Waals surface area contributed by atoms with Crippen LogP contribution in [0, 0.1) is 17.1 Å². The Morgan fingerprint density at radius 2 is 2.05 bits per heavy atom. The Hall–Kier alpha value is -4.79. The second kappa shape index (κ2) is 10.4. The van der Waals surface area contributed by atoms with Crippen LogP contribution >= 0.6 is 11.3 Å². The summed E-state index contributed by atoms with van der Waals surface area (Å²) in [6.45, 7) is 1.21. The molecule has 1 unspecified atom stereocenters. The molecule has 0 fully saturated rings. The van der Waals surface area contributed by atoms with Crippen molar-refractivity contribution in [2.24, 2.45) is 9.98 Å². The molecule has 2 N–H and O–H groups in total. The summed E-state index contributed by atoms with van der Waals surface area (Å²) in [5.74, 6) is -0.583. The number of thiophene rings is 1. The van der Waals surface area contributed by atoms with Crippen LogP contribution in [0.3, 0.4) is 0 Å². The highest BCUT2D eigenvalue weighted by Crippen LogP contribution is 2.38. The zero-order chi connectivity index (χ0) is 27.7. The number of aromatic nitrogens is 2. The van der Waals surface area contributed by atoms with E-state index < -0.39 is 11.4 Å². The molecule has 1 amide bonds. The molecule has 1 atom stereocenters. The molecule has 0 radical (unpaired) electrons. The van der Waals surface area contributed by atoms with Crippen LogP contribution in [-0.2, 0) is 13.1 Å². The SMILES string of the molecule is CN1CN=C2C=CC=C3N=C(c4ccc(CNc5ncc(C#N)nc5C(=O)NCc5ccc(F)cc5)s4)C=CC321. The summed E-state index contributed by atoms with van der Waals surface area (Å²) < 4.78 is 13.2. The number of hydrogen-bond donors (Lipinski definition) is 2. The number of hydrogen-bond acceptors (Lipinski definition) is 9. The quantitative estimate of drug-likeness (QED) is 0.459. The average molecular weight is 551 g/mol. The third kappa shape index (κ3) is 4.64. The number of aliphatic imine (C=N–C) groups is 2. The summed E-state index contributed by atoms with van der Waals surface area (Å²) in [7, 11) is 2.05. The van der Waals surface area contributed by atoms with Crippen molar-refractivity contribution in [3.8, 4) is 6.07 Å². The molecule has 198 valence electrons. The highest BCUT2D eigenvalue weighted by atomic mass is 32.1. The molecule has 4 heterocycles. The minimum Gasteiger partial charge on any atom is -0.363 e. The molecule has 2 aromatic heterocycles. The molecule has 1 spiro atoms. The fourth-order valence-corrected chi connectivity index (χ4v) is 5.70. The van der Waals surface area contributed by atoms with E-state index >= 15 is 0 Å². The van der Waals surface area contributed by atoms with Crippen LogP contribution in [0.15, 0.2) is 88.7 Å². The highest BCUT2D eigenvalue weighted by molar-refractivity contribution is 7.14. The van der Waals surface area contributed by atoms with Crippen molar-refractivity contribution in [2.75, 3.05) is 19.0 Å². The molecule has 1 aromatic carbocycles. The van der Waals surface area contributed by atoms with E-state index in [1.54, 1.807) is 23.5 Å². The van der Waals surface area contributed by atoms with Gasteiger partial charge in [-0.2, -0.15) is 5.26 Å². The van der Waals surface area contributed by atoms with Gasteiger partial charge in [0.25, 0.3) is 5.91 Å². The first kappa shape index (κ1) is 25.5. The summed E-state index contributed by atoms with van der Waals surface area (Å²) in [4.78, 5) is 35.2. The molecule has 11 heteroatoms. The summed E-state index contributed by atoms with van der Waals surface area (Å²) in [6.07, 6.45) is 11.6. The fraction of sp³-hybridized carbons (Fsp3) is 0.172. The first-order chi connectivity index (χ1) is 19.5. The minimum atomic E-state index is -0.492. The van der Waals surface area contributed by atoms with Gasteiger partial charge >= 0.3 is 0 Å². The van der Waals surface area contributed by atoms with Crippen molar-refractivity contribution in [2.45, 2.75) is 18.6 Å². The van der Waals surface area contributed by atoms with Gasteiger partial charge < -0.3 is 10.6 Å². The third-order valence-electron chi connectivity index (χ3n) is 6.88. The lowest BCUT2D eigenvalue weighted by atomic mass is 9.83. The number of rotatable bonds is 7. The molecule has 0 saturated heterocycles. The van der Waals surface area contributed by atoms with Crippen LogP contribution in [0.25, 0.3) is 0 Å². The Kier molecular flexibility index (Phi) is 6.63. The summed E-state index contributed by atoms with van der Waals surface area (Å²) >= 11 is 1.59. The van der Waals surface area contributed by atoms with Gasteiger partial charge in [-0.15, -0.1) is 11.3 Å². The number of likely N-dealkylation sites (N-methyl/N-ethyl adjacent to an activating group) is 1. The molecule has 2 aliphatic heterocycles. The number of nitrogens with one attached hydrogen (secondary N) is 2. The van der Waals surface area contributed by atoms with E-state index in [1.165, 1.54) is 18.3 Å². The van der Waals surface area contributed by atoms with Gasteiger partial charge in [0, 0.05) is 11.4 Å². The average Bonchev–Trinajstić information content (AvgIpc) is 3.59. The lowest BCUT2D eigenvalue weighted by molar-refractivity contribution is 0.0946. The Labute approximate surface area is 233 Å². The second-order valence-electron chi connectivity index (χ2n) is 9.38. The highest BCUT2D eigenvalue weighted by Gasteiger charge is 2.46. The topological polar surface area (TPSA) is 119 Å². The van der Waals surface area contributed by atoms with E-state index in [0.717, 1.165) is 32.4 Å². The molecule has 0 saturated carbocycles. The summed E-state index contributed by atoms with van der Waals surface area (Å²) in [5.41, 5.74) is 3.20. The smallest absolute Gasteiger partial charge is 0.274 e. The van der Waals surface area contributed by atoms with Crippen LogP contribution in [0.1, 0.15) is 31.5 Å². The van der Waals surface area contributed by atoms with Crippen LogP contribution in [0.4, 0.5) is 10.2 Å². The number of nitrogens with zero attached hydrogens (tertiary/aromatic N) is 6. The number of nitriles is 1. The van der Waals surface area contributed by atoms with Gasteiger partial charge in [-0.1, -0.05) is 18.2 Å². The second-order valence-corrected chi connectivity index (χ2v) is 10.6. The Bertz CT molecular complexity index is 1700. The van der Waals surface area contributed by atoms with E-state index in [0.29, 0.717) is 13.2 Å². The number of benzene rings is 1. The van der Waals surface area contributed by atoms with Crippen molar-refractivity contribution >= 4 is 34.5 Å². The number of anilines is 1. The van der Waals surface area contributed by atoms with E-state index in [9.17, 15) is 14.4 Å². The standard InChI is InChI=1S/C29H23FN8OS/c1-38-17-35-24-3-2-4-25-29(24,38)12-11-22(37-25)23-10-9-21(40-23)16-33-27-26(36-20(13-31)15-32-27)28(39)34-14-18-5-7-19(30)8-6-18/h2-12,15H,14,16-17H2,1H3,(H,32,33)(H,34,39). The number of carbonyl (C=O) groups excluding carboxylic acids is 1. The number of amides is 1. The van der Waals surface area contributed by atoms with Gasteiger partial charge in [0.15, 0.2) is 17.2 Å². The van der Waals surface area contributed by atoms with Gasteiger partial charge in [0.2, 0.25) is 0 Å². The molecule has 3 aliphatic rings. The number of carbonyl (C=O) groups is 1. The van der Waals surface area contributed by atoms with Crippen LogP contribution in [0.5, 0.6) is 0 Å². The molecule has 1 aliphatic carbocycles. The molecular weight excluding hydrogens is 527 g/mol. The number of halogens is 1. The van der Waals surface area contributed by atoms with E-state index in [4.69, 9.17) is 4.99 Å². The van der Waals surface area contributed by atoms with Gasteiger partial charge in [0.05, 0.1) is 41.4 Å². The van der Waals surface area contributed by atoms with Crippen molar-refractivity contribution in [3.63, 3.8) is 0 Å². The Morgan fingerprint density at radius 1 is 1.20 bits per heavy atom. The molecule has 3 aromatic rings. The lowest BCUT2D eigenvalue weighted by Crippen LogP contribution is -2.49. The Morgan fingerprint density at radius 3 is 2.88 bits per heavy atom. The van der Waals surface area contributed by atoms with Gasteiger partial charge in [0.1, 0.15) is 17.4 Å². The minimum absolute atomic E-state index is 0.0123. The first-order valence-corrected chi connectivity index (χ1v) is 13.3. The van der Waals surface area contributed by atoms with Crippen LogP contribution in [0.2, 0.25) is 0 Å². The monoisotopic (exact) mass is 550 g/mol. The Balaban J connectivity index is 1.16. The maximum absolute atomic E-state index is 13.2. The van der Waals surface area contributed by atoms with Crippen molar-refractivity contribution in [3.05, 3.63) is 111 Å². The van der Waals surface area contributed by atoms with Crippen molar-refractivity contribution in [1.29, 1.82) is 5.26 Å². The van der Waals surface area contributed by atoms with Gasteiger partial charge in [-0.05, 0) is 61.2 Å². The lowest BCUT2D eigenvalue weighted by Gasteiger charge is -2.37. The predicted octanol–water partition coefficient (Wildman–Crippen LogP) is 3.99. The maximum Gasteiger partial charge on any atom is 0.274 e. The summed E-state index contributed by atoms with van der Waals surface area (Å²) in [5, 5.41) is 15.2. The third-order valence-corrected chi connectivity index (χ3v) is 7.99. The van der Waals surface area contributed by atoms with Gasteiger partial charge in [-0.25, -0.2) is 19.4 Å². The molecule has 6 rings (SSSR count). The van der Waals surface area contributed by atoms with Crippen molar-refractivity contribution in [1.82, 2.24) is 20.2 Å². The zero-order valence-electron chi connectivity index (χ0n) is 21.4.